The Morgan fingerprint density at radius 3 is 1.14 bits per heavy atom. The summed E-state index contributed by atoms with van der Waals surface area (Å²) in [6.07, 6.45) is -1.40. The van der Waals surface area contributed by atoms with Crippen LogP contribution in [0.3, 0.4) is 0 Å². The molecule has 0 amide bonds. The van der Waals surface area contributed by atoms with Crippen LogP contribution in [-0.2, 0) is 30.7 Å². The third-order valence-electron chi connectivity index (χ3n) is 6.43. The zero-order valence-electron chi connectivity index (χ0n) is 23.9. The van der Waals surface area contributed by atoms with Crippen LogP contribution in [0.1, 0.15) is 123 Å². The molecule has 0 fully saturated rings. The first-order chi connectivity index (χ1) is 15.8. The second-order valence-corrected chi connectivity index (χ2v) is 15.1. The number of phosphoric acid groups is 1. The number of phenolic OH excluding ortho intramolecular Hbond substituents is 2. The summed E-state index contributed by atoms with van der Waals surface area (Å²) in [5.74, 6) is -0.210. The second-order valence-electron chi connectivity index (χ2n) is 13.9. The summed E-state index contributed by atoms with van der Waals surface area (Å²) in [6, 6.07) is 7.31. The summed E-state index contributed by atoms with van der Waals surface area (Å²) in [4.78, 5) is 19.9. The molecule has 0 atom stereocenters. The number of rotatable bonds is 4. The summed E-state index contributed by atoms with van der Waals surface area (Å²) in [6.45, 7) is 24.0. The molecule has 2 aromatic rings. The molecular weight excluding hydrogens is 502 g/mol. The predicted octanol–water partition coefficient (Wildman–Crippen LogP) is 6.30. The topological polar surface area (TPSA) is 107 Å². The van der Waals surface area contributed by atoms with Crippen molar-refractivity contribution in [3.8, 4) is 11.5 Å². The third-order valence-corrected chi connectivity index (χ3v) is 6.92. The lowest BCUT2D eigenvalue weighted by Crippen LogP contribution is -2.21. The van der Waals surface area contributed by atoms with Gasteiger partial charge in [-0.3, -0.25) is 4.52 Å². The van der Waals surface area contributed by atoms with Gasteiger partial charge in [-0.1, -0.05) is 95.2 Å². The van der Waals surface area contributed by atoms with Crippen LogP contribution in [0, 0.1) is 0 Å². The third kappa shape index (κ3) is 8.09. The highest BCUT2D eigenvalue weighted by Crippen LogP contribution is 2.52. The fraction of sp³-hybridized carbons (Fsp3) is 0.586. The largest absolute Gasteiger partial charge is 0.507 e. The highest BCUT2D eigenvalue weighted by molar-refractivity contribution is 7.46. The van der Waals surface area contributed by atoms with Gasteiger partial charge in [-0.25, -0.2) is 4.57 Å². The van der Waals surface area contributed by atoms with Gasteiger partial charge in [0, 0.05) is 11.1 Å². The van der Waals surface area contributed by atoms with Crippen molar-refractivity contribution < 1.29 is 29.1 Å². The molecule has 0 aliphatic carbocycles. The first kappa shape index (κ1) is 33.7. The van der Waals surface area contributed by atoms with Gasteiger partial charge in [-0.2, -0.15) is 0 Å². The van der Waals surface area contributed by atoms with E-state index in [-0.39, 0.29) is 50.8 Å². The van der Waals surface area contributed by atoms with Crippen molar-refractivity contribution in [1.82, 2.24) is 0 Å². The average molecular weight is 551 g/mol. The van der Waals surface area contributed by atoms with E-state index >= 15 is 0 Å². The molecule has 0 spiro atoms. The maximum absolute atomic E-state index is 12.2. The Bertz CT molecular complexity index is 1090. The molecule has 0 unspecified atom stereocenters. The Labute approximate surface area is 233 Å². The van der Waals surface area contributed by atoms with E-state index in [1.165, 1.54) is 0 Å². The minimum Gasteiger partial charge on any atom is -0.507 e. The SMILES string of the molecule is CC(C)(C)c1cc(C(OP(=O)(O)O)c2cc(C(C)(C)C)cc(C(C)(C)C)c2O)c(O)c(C(C)(C)C)c1.[AlH3]. The molecule has 0 radical (unpaired) electrons. The second kappa shape index (κ2) is 10.7. The number of hydrogen-bond acceptors (Lipinski definition) is 4. The molecule has 0 aromatic heterocycles. The van der Waals surface area contributed by atoms with E-state index in [1.54, 1.807) is 12.1 Å². The highest BCUT2D eigenvalue weighted by Gasteiger charge is 2.36. The maximum Gasteiger partial charge on any atom is 0.470 e. The summed E-state index contributed by atoms with van der Waals surface area (Å²) >= 11 is 0. The molecule has 2 aromatic carbocycles. The van der Waals surface area contributed by atoms with Crippen molar-refractivity contribution in [2.24, 2.45) is 0 Å². The van der Waals surface area contributed by atoms with Gasteiger partial charge in [-0.15, -0.1) is 0 Å². The number of aromatic hydroxyl groups is 2. The zero-order valence-corrected chi connectivity index (χ0v) is 24.8. The minimum atomic E-state index is -5.04. The Kier molecular flexibility index (Phi) is 9.74. The van der Waals surface area contributed by atoms with E-state index < -0.39 is 24.8 Å². The van der Waals surface area contributed by atoms with Crippen molar-refractivity contribution in [1.29, 1.82) is 0 Å². The van der Waals surface area contributed by atoms with Gasteiger partial charge in [0.25, 0.3) is 0 Å². The summed E-state index contributed by atoms with van der Waals surface area (Å²) in [7, 11) is -5.04. The molecule has 0 heterocycles. The van der Waals surface area contributed by atoms with Crippen LogP contribution in [0.5, 0.6) is 11.5 Å². The van der Waals surface area contributed by atoms with Gasteiger partial charge in [0.1, 0.15) is 17.6 Å². The lowest BCUT2D eigenvalue weighted by atomic mass is 9.76. The summed E-state index contributed by atoms with van der Waals surface area (Å²) in [5.41, 5.74) is 1.87. The van der Waals surface area contributed by atoms with Crippen molar-refractivity contribution in [3.63, 3.8) is 0 Å². The predicted molar refractivity (Wildman–Crippen MR) is 156 cm³/mol. The van der Waals surface area contributed by atoms with Crippen molar-refractivity contribution >= 4 is 25.2 Å². The van der Waals surface area contributed by atoms with Gasteiger partial charge >= 0.3 is 7.82 Å². The molecule has 208 valence electrons. The number of phenols is 2. The lowest BCUT2D eigenvalue weighted by Gasteiger charge is -2.32. The lowest BCUT2D eigenvalue weighted by molar-refractivity contribution is 0.153. The fourth-order valence-electron chi connectivity index (χ4n) is 4.14. The highest BCUT2D eigenvalue weighted by atomic mass is 31.2. The molecule has 4 N–H and O–H groups in total. The van der Waals surface area contributed by atoms with Gasteiger partial charge in [0.05, 0.1) is 0 Å². The van der Waals surface area contributed by atoms with Gasteiger partial charge in [0.15, 0.2) is 17.4 Å². The first-order valence-corrected chi connectivity index (χ1v) is 13.9. The van der Waals surface area contributed by atoms with Crippen LogP contribution in [0.4, 0.5) is 0 Å². The van der Waals surface area contributed by atoms with Crippen LogP contribution in [0.25, 0.3) is 0 Å². The number of phosphoric ester groups is 1. The summed E-state index contributed by atoms with van der Waals surface area (Å²) < 4.78 is 17.6. The molecule has 0 saturated heterocycles. The molecule has 0 saturated carbocycles. The Hall–Kier alpha value is -1.32. The molecule has 0 aliphatic heterocycles. The van der Waals surface area contributed by atoms with Crippen molar-refractivity contribution in [2.45, 2.75) is 111 Å². The van der Waals surface area contributed by atoms with E-state index in [4.69, 9.17) is 4.52 Å². The van der Waals surface area contributed by atoms with Crippen molar-refractivity contribution in [2.75, 3.05) is 0 Å². The first-order valence-electron chi connectivity index (χ1n) is 12.3. The average Bonchev–Trinajstić information content (AvgIpc) is 2.62. The van der Waals surface area contributed by atoms with E-state index in [1.807, 2.05) is 95.2 Å². The van der Waals surface area contributed by atoms with Crippen LogP contribution in [0.2, 0.25) is 0 Å². The van der Waals surface area contributed by atoms with Crippen LogP contribution in [-0.4, -0.2) is 37.4 Å². The van der Waals surface area contributed by atoms with Crippen LogP contribution in [0.15, 0.2) is 24.3 Å². The Morgan fingerprint density at radius 2 is 0.919 bits per heavy atom. The molecule has 0 aliphatic rings. The monoisotopic (exact) mass is 550 g/mol. The summed E-state index contributed by atoms with van der Waals surface area (Å²) in [5, 5.41) is 23.0. The van der Waals surface area contributed by atoms with Gasteiger partial charge in [0.2, 0.25) is 0 Å². The maximum atomic E-state index is 12.2. The zero-order chi connectivity index (χ0) is 28.2. The number of benzene rings is 2. The van der Waals surface area contributed by atoms with E-state index in [9.17, 15) is 24.6 Å². The van der Waals surface area contributed by atoms with E-state index in [2.05, 4.69) is 0 Å². The standard InChI is InChI=1S/C29H45O6P.Al.3H/c1-26(2,3)17-13-19(23(30)21(15-17)28(7,8)9)25(35-36(32,33)34)20-14-18(27(4,5)6)16-22(24(20)31)29(10,11)12;;;;/h13-16,25,30-31H,1-12H3,(H2,32,33,34);;;;. The Balaban J connectivity index is 0.00000684. The minimum absolute atomic E-state index is 0. The Morgan fingerprint density at radius 1 is 0.622 bits per heavy atom. The molecule has 6 nitrogen and oxygen atoms in total. The smallest absolute Gasteiger partial charge is 0.470 e. The molecule has 0 bridgehead atoms. The normalized spacial score (nSPS) is 13.6. The quantitative estimate of drug-likeness (QED) is 0.263. The number of hydrogen-bond donors (Lipinski definition) is 4. The van der Waals surface area contributed by atoms with Crippen molar-refractivity contribution in [3.05, 3.63) is 57.6 Å². The molecular formula is C29H48AlO6P. The van der Waals surface area contributed by atoms with E-state index in [0.29, 0.717) is 11.1 Å². The fourth-order valence-corrected chi connectivity index (χ4v) is 4.64. The molecule has 37 heavy (non-hydrogen) atoms. The van der Waals surface area contributed by atoms with Gasteiger partial charge < -0.3 is 20.0 Å². The van der Waals surface area contributed by atoms with Crippen LogP contribution < -0.4 is 0 Å². The van der Waals surface area contributed by atoms with Gasteiger partial charge in [-0.05, 0) is 56.0 Å². The molecule has 8 heteroatoms. The molecule has 2 rings (SSSR count). The van der Waals surface area contributed by atoms with E-state index in [0.717, 1.165) is 11.1 Å². The van der Waals surface area contributed by atoms with Crippen LogP contribution >= 0.6 is 7.82 Å².